The van der Waals surface area contributed by atoms with Crippen LogP contribution >= 0.6 is 0 Å². The number of aliphatic hydroxyl groups is 1. The lowest BCUT2D eigenvalue weighted by atomic mass is 9.34. The van der Waals surface area contributed by atoms with Gasteiger partial charge in [-0.15, -0.1) is 10.2 Å². The Hall–Kier alpha value is -2.59. The molecule has 0 bridgehead atoms. The number of aryl methyl sites for hydroxylation is 1. The zero-order chi connectivity index (χ0) is 29.1. The Morgan fingerprint density at radius 2 is 1.75 bits per heavy atom. The highest BCUT2D eigenvalue weighted by Crippen LogP contribution is 2.74. The Labute approximate surface area is 237 Å². The number of ketones is 2. The Balaban J connectivity index is 1.54. The molecule has 0 unspecified atom stereocenters. The maximum atomic E-state index is 14.6. The second-order valence-corrected chi connectivity index (χ2v) is 15.4. The second-order valence-electron chi connectivity index (χ2n) is 15.4. The van der Waals surface area contributed by atoms with E-state index >= 15 is 0 Å². The summed E-state index contributed by atoms with van der Waals surface area (Å²) in [6.07, 6.45) is 9.98. The van der Waals surface area contributed by atoms with Crippen molar-refractivity contribution in [2.24, 2.45) is 44.8 Å². The predicted octanol–water partition coefficient (Wildman–Crippen LogP) is 5.82. The van der Waals surface area contributed by atoms with Crippen LogP contribution in [0, 0.1) is 63.1 Å². The minimum Gasteiger partial charge on any atom is -0.425 e. The normalized spacial score (nSPS) is 45.7. The van der Waals surface area contributed by atoms with Crippen LogP contribution in [-0.2, 0) is 15.0 Å². The van der Waals surface area contributed by atoms with Crippen LogP contribution in [0.4, 0.5) is 0 Å². The van der Waals surface area contributed by atoms with Gasteiger partial charge in [-0.25, -0.2) is 0 Å². The van der Waals surface area contributed by atoms with Gasteiger partial charge in [0.05, 0.1) is 23.0 Å². The van der Waals surface area contributed by atoms with E-state index in [1.165, 1.54) is 0 Å². The number of nitrogens with zero attached hydrogens (tertiary/aromatic N) is 3. The smallest absolute Gasteiger partial charge is 0.222 e. The molecule has 3 saturated carbocycles. The molecule has 0 amide bonds. The second kappa shape index (κ2) is 8.25. The van der Waals surface area contributed by atoms with Gasteiger partial charge in [-0.1, -0.05) is 46.3 Å². The summed E-state index contributed by atoms with van der Waals surface area (Å²) in [5.41, 5.74) is -1.40. The van der Waals surface area contributed by atoms with E-state index in [9.17, 15) is 20.0 Å². The van der Waals surface area contributed by atoms with Gasteiger partial charge in [0.25, 0.3) is 0 Å². The highest BCUT2D eigenvalue weighted by Gasteiger charge is 2.71. The number of Topliss-reactive ketones (excluding diaryl/α,β-unsaturated/α-hetero) is 1. The predicted molar refractivity (Wildman–Crippen MR) is 149 cm³/mol. The number of allylic oxidation sites excluding steroid dienone is 4. The third kappa shape index (κ3) is 3.20. The van der Waals surface area contributed by atoms with Crippen molar-refractivity contribution in [1.29, 1.82) is 5.26 Å². The zero-order valence-corrected chi connectivity index (χ0v) is 25.1. The van der Waals surface area contributed by atoms with E-state index in [4.69, 9.17) is 4.42 Å². The molecule has 0 spiro atoms. The number of carbonyl (C=O) groups excluding carboxylic acids is 2. The van der Waals surface area contributed by atoms with Gasteiger partial charge >= 0.3 is 0 Å². The summed E-state index contributed by atoms with van der Waals surface area (Å²) < 4.78 is 6.14. The highest BCUT2D eigenvalue weighted by atomic mass is 16.4. The van der Waals surface area contributed by atoms with Gasteiger partial charge < -0.3 is 9.52 Å². The van der Waals surface area contributed by atoms with Crippen LogP contribution < -0.4 is 0 Å². The molecular formula is C33H43N3O4. The molecule has 0 radical (unpaired) electrons. The summed E-state index contributed by atoms with van der Waals surface area (Å²) in [6.45, 7) is 14.7. The molecule has 1 aromatic heterocycles. The van der Waals surface area contributed by atoms with Crippen molar-refractivity contribution in [2.45, 2.75) is 98.8 Å². The minimum absolute atomic E-state index is 0.0864. The van der Waals surface area contributed by atoms with Crippen molar-refractivity contribution in [3.8, 4) is 6.07 Å². The summed E-state index contributed by atoms with van der Waals surface area (Å²) in [4.78, 5) is 27.9. The van der Waals surface area contributed by atoms with Crippen LogP contribution in [0.25, 0.3) is 0 Å². The van der Waals surface area contributed by atoms with E-state index in [0.29, 0.717) is 11.8 Å². The summed E-state index contributed by atoms with van der Waals surface area (Å²) in [7, 11) is 0. The number of nitriles is 1. The Morgan fingerprint density at radius 1 is 1.05 bits per heavy atom. The van der Waals surface area contributed by atoms with E-state index in [0.717, 1.165) is 50.5 Å². The fourth-order valence-electron chi connectivity index (χ4n) is 10.5. The number of aliphatic hydroxyl groups excluding tert-OH is 1. The van der Waals surface area contributed by atoms with Crippen LogP contribution in [0.1, 0.15) is 98.3 Å². The van der Waals surface area contributed by atoms with Crippen molar-refractivity contribution in [2.75, 3.05) is 6.61 Å². The first kappa shape index (κ1) is 27.6. The molecule has 0 aliphatic heterocycles. The van der Waals surface area contributed by atoms with Gasteiger partial charge in [0.2, 0.25) is 11.8 Å². The molecule has 5 aliphatic carbocycles. The topological polar surface area (TPSA) is 117 Å². The van der Waals surface area contributed by atoms with Crippen LogP contribution in [0.15, 0.2) is 27.7 Å². The van der Waals surface area contributed by atoms with E-state index < -0.39 is 10.8 Å². The molecule has 1 heterocycles. The fraction of sp³-hybridized carbons (Fsp3) is 0.727. The van der Waals surface area contributed by atoms with E-state index in [-0.39, 0.29) is 63.2 Å². The summed E-state index contributed by atoms with van der Waals surface area (Å²) in [5.74, 6) is 0.850. The first-order valence-corrected chi connectivity index (χ1v) is 15.0. The Kier molecular flexibility index (Phi) is 5.68. The number of carbonyl (C=O) groups is 2. The molecule has 8 atom stereocenters. The Morgan fingerprint density at radius 3 is 2.38 bits per heavy atom. The standard InChI is InChI=1S/C33H43N3O4/c1-19-35-36-27(40-19)33-12-10-28(2,3)16-21(33)25-22(38)14-24-29(4)15-20(17-34)26(39)30(5,18-37)23(29)8-9-31(24,6)32(25,7)11-13-33/h14-15,21,23,25,37H,8-13,16,18H2,1-7H3/t21-,23+,25-,29-,30-,31+,32+,33-/m0/s1. The molecule has 3 fully saturated rings. The highest BCUT2D eigenvalue weighted by molar-refractivity contribution is 6.05. The number of rotatable bonds is 2. The van der Waals surface area contributed by atoms with E-state index in [2.05, 4.69) is 50.9 Å². The first-order valence-electron chi connectivity index (χ1n) is 15.0. The SMILES string of the molecule is Cc1nnc([C@]23CCC(C)(C)C[C@H]2[C@H]2C(=O)C=C4[C@@]5(C)C=C(C#N)C(=O)[C@@](C)(CO)[C@@H]5CC[C@@]4(C)[C@]2(C)CC3)o1. The van der Waals surface area contributed by atoms with Gasteiger partial charge in [-0.3, -0.25) is 9.59 Å². The number of fused-ring (bicyclic) bond motifs is 7. The van der Waals surface area contributed by atoms with Crippen LogP contribution in [-0.4, -0.2) is 33.5 Å². The maximum absolute atomic E-state index is 14.6. The fourth-order valence-corrected chi connectivity index (χ4v) is 10.5. The molecule has 1 aromatic rings. The third-order valence-corrected chi connectivity index (χ3v) is 13.0. The average Bonchev–Trinajstić information content (AvgIpc) is 3.34. The van der Waals surface area contributed by atoms with Gasteiger partial charge in [0, 0.05) is 18.3 Å². The lowest BCUT2D eigenvalue weighted by Gasteiger charge is -2.68. The minimum atomic E-state index is -1.05. The number of hydrogen-bond acceptors (Lipinski definition) is 7. The monoisotopic (exact) mass is 545 g/mol. The first-order chi connectivity index (χ1) is 18.6. The van der Waals surface area contributed by atoms with Crippen molar-refractivity contribution >= 4 is 11.6 Å². The van der Waals surface area contributed by atoms with Crippen molar-refractivity contribution in [3.63, 3.8) is 0 Å². The quantitative estimate of drug-likeness (QED) is 0.497. The van der Waals surface area contributed by atoms with Gasteiger partial charge in [0.15, 0.2) is 11.6 Å². The summed E-state index contributed by atoms with van der Waals surface area (Å²) in [5, 5.41) is 29.2. The molecule has 214 valence electrons. The largest absolute Gasteiger partial charge is 0.425 e. The van der Waals surface area contributed by atoms with E-state index in [1.54, 1.807) is 6.92 Å². The Bertz CT molecular complexity index is 1410. The lowest BCUT2D eigenvalue weighted by Crippen LogP contribution is -2.66. The van der Waals surface area contributed by atoms with Gasteiger partial charge in [-0.2, -0.15) is 5.26 Å². The molecule has 7 heteroatoms. The summed E-state index contributed by atoms with van der Waals surface area (Å²) >= 11 is 0. The molecule has 6 rings (SSSR count). The maximum Gasteiger partial charge on any atom is 0.222 e. The molecule has 5 aliphatic rings. The van der Waals surface area contributed by atoms with Crippen LogP contribution in [0.3, 0.4) is 0 Å². The van der Waals surface area contributed by atoms with Crippen LogP contribution in [0.2, 0.25) is 0 Å². The molecular weight excluding hydrogens is 502 g/mol. The molecule has 1 N–H and O–H groups in total. The molecule has 0 aromatic carbocycles. The molecule has 7 nitrogen and oxygen atoms in total. The number of aromatic nitrogens is 2. The lowest BCUT2D eigenvalue weighted by molar-refractivity contribution is -0.163. The van der Waals surface area contributed by atoms with Crippen molar-refractivity contribution < 1.29 is 19.1 Å². The third-order valence-electron chi connectivity index (χ3n) is 13.0. The van der Waals surface area contributed by atoms with Crippen molar-refractivity contribution in [3.05, 3.63) is 35.1 Å². The zero-order valence-electron chi connectivity index (χ0n) is 25.1. The van der Waals surface area contributed by atoms with Gasteiger partial charge in [-0.05, 0) is 86.0 Å². The van der Waals surface area contributed by atoms with Gasteiger partial charge in [0.1, 0.15) is 6.07 Å². The van der Waals surface area contributed by atoms with Crippen LogP contribution in [0.5, 0.6) is 0 Å². The molecule has 40 heavy (non-hydrogen) atoms. The average molecular weight is 546 g/mol. The molecule has 0 saturated heterocycles. The number of hydrogen-bond donors (Lipinski definition) is 1. The summed E-state index contributed by atoms with van der Waals surface area (Å²) in [6, 6.07) is 2.12. The van der Waals surface area contributed by atoms with E-state index in [1.807, 2.05) is 19.1 Å². The van der Waals surface area contributed by atoms with Crippen molar-refractivity contribution in [1.82, 2.24) is 10.2 Å².